The second kappa shape index (κ2) is 5.58. The van der Waals surface area contributed by atoms with Gasteiger partial charge in [0, 0.05) is 24.5 Å². The number of rotatable bonds is 3. The van der Waals surface area contributed by atoms with Gasteiger partial charge in [0.1, 0.15) is 0 Å². The molecule has 1 saturated heterocycles. The van der Waals surface area contributed by atoms with E-state index in [0.29, 0.717) is 5.69 Å². The first-order valence-corrected chi connectivity index (χ1v) is 7.93. The van der Waals surface area contributed by atoms with Gasteiger partial charge in [-0.25, -0.2) is 0 Å². The molecule has 114 valence electrons. The lowest BCUT2D eigenvalue weighted by molar-refractivity contribution is -0.138. The summed E-state index contributed by atoms with van der Waals surface area (Å²) in [5.41, 5.74) is 8.42. The van der Waals surface area contributed by atoms with Crippen molar-refractivity contribution >= 4 is 17.3 Å². The molecule has 3 unspecified atom stereocenters. The van der Waals surface area contributed by atoms with Crippen LogP contribution in [-0.2, 0) is 4.79 Å². The summed E-state index contributed by atoms with van der Waals surface area (Å²) in [5.74, 6) is 0.248. The van der Waals surface area contributed by atoms with Crippen molar-refractivity contribution in [3.05, 3.63) is 23.8 Å². The summed E-state index contributed by atoms with van der Waals surface area (Å²) in [6.07, 6.45) is 5.32. The molecule has 0 amide bonds. The van der Waals surface area contributed by atoms with Gasteiger partial charge in [0.05, 0.1) is 5.92 Å². The molecule has 2 aliphatic rings. The summed E-state index contributed by atoms with van der Waals surface area (Å²) in [6, 6.07) is 5.72. The van der Waals surface area contributed by atoms with Gasteiger partial charge in [-0.2, -0.15) is 0 Å². The van der Waals surface area contributed by atoms with Crippen LogP contribution in [-0.4, -0.2) is 24.2 Å². The molecule has 1 saturated carbocycles. The van der Waals surface area contributed by atoms with E-state index >= 15 is 0 Å². The molecule has 1 heterocycles. The van der Waals surface area contributed by atoms with Gasteiger partial charge >= 0.3 is 5.97 Å². The van der Waals surface area contributed by atoms with Crippen LogP contribution in [0.25, 0.3) is 0 Å². The summed E-state index contributed by atoms with van der Waals surface area (Å²) in [7, 11) is 0. The fourth-order valence-electron chi connectivity index (χ4n) is 3.94. The predicted octanol–water partition coefficient (Wildman–Crippen LogP) is 3.08. The lowest BCUT2D eigenvalue weighted by Crippen LogP contribution is -2.23. The molecule has 3 rings (SSSR count). The van der Waals surface area contributed by atoms with E-state index in [2.05, 4.69) is 4.90 Å². The number of anilines is 2. The third-order valence-corrected chi connectivity index (χ3v) is 5.21. The zero-order valence-electron chi connectivity index (χ0n) is 12.6. The van der Waals surface area contributed by atoms with Gasteiger partial charge in [-0.15, -0.1) is 0 Å². The van der Waals surface area contributed by atoms with Crippen LogP contribution >= 0.6 is 0 Å². The molecule has 4 heteroatoms. The van der Waals surface area contributed by atoms with Crippen LogP contribution in [0.1, 0.15) is 44.1 Å². The molecule has 0 radical (unpaired) electrons. The van der Waals surface area contributed by atoms with Crippen LogP contribution in [0.3, 0.4) is 0 Å². The smallest absolute Gasteiger partial charge is 0.310 e. The van der Waals surface area contributed by atoms with Crippen molar-refractivity contribution in [2.75, 3.05) is 23.7 Å². The first kappa shape index (κ1) is 14.2. The van der Waals surface area contributed by atoms with E-state index in [9.17, 15) is 9.90 Å². The molecule has 1 aliphatic heterocycles. The van der Waals surface area contributed by atoms with Crippen LogP contribution in [0.2, 0.25) is 0 Å². The molecular formula is C17H24N2O2. The highest BCUT2D eigenvalue weighted by molar-refractivity contribution is 5.79. The highest BCUT2D eigenvalue weighted by Gasteiger charge is 2.35. The largest absolute Gasteiger partial charge is 0.481 e. The van der Waals surface area contributed by atoms with Crippen LogP contribution in [0.15, 0.2) is 18.2 Å². The SMILES string of the molecule is CC(C(=O)O)c1cc(N)ccc1N1CC2CCCCC2C1. The van der Waals surface area contributed by atoms with Crippen molar-refractivity contribution in [2.24, 2.45) is 11.8 Å². The highest BCUT2D eigenvalue weighted by Crippen LogP contribution is 2.40. The molecule has 3 N–H and O–H groups in total. The molecule has 0 spiro atoms. The van der Waals surface area contributed by atoms with Crippen LogP contribution in [0.4, 0.5) is 11.4 Å². The molecule has 1 aromatic carbocycles. The van der Waals surface area contributed by atoms with Crippen molar-refractivity contribution in [1.29, 1.82) is 0 Å². The standard InChI is InChI=1S/C17H24N2O2/c1-11(17(20)21)15-8-14(18)6-7-16(15)19-9-12-4-2-3-5-13(12)10-19/h6-8,11-13H,2-5,9-10,18H2,1H3,(H,20,21). The average molecular weight is 288 g/mol. The van der Waals surface area contributed by atoms with Crippen LogP contribution < -0.4 is 10.6 Å². The third-order valence-electron chi connectivity index (χ3n) is 5.21. The van der Waals surface area contributed by atoms with E-state index in [1.54, 1.807) is 6.92 Å². The fourth-order valence-corrected chi connectivity index (χ4v) is 3.94. The van der Waals surface area contributed by atoms with Crippen molar-refractivity contribution in [1.82, 2.24) is 0 Å². The Labute approximate surface area is 125 Å². The van der Waals surface area contributed by atoms with Gasteiger partial charge in [0.15, 0.2) is 0 Å². The second-order valence-electron chi connectivity index (χ2n) is 6.59. The number of carboxylic acid groups (broad SMARTS) is 1. The third kappa shape index (κ3) is 2.71. The topological polar surface area (TPSA) is 66.6 Å². The number of carboxylic acids is 1. The van der Waals surface area contributed by atoms with Gasteiger partial charge in [0.2, 0.25) is 0 Å². The second-order valence-corrected chi connectivity index (χ2v) is 6.59. The Morgan fingerprint density at radius 3 is 2.48 bits per heavy atom. The maximum absolute atomic E-state index is 11.4. The van der Waals surface area contributed by atoms with Crippen molar-refractivity contribution in [3.63, 3.8) is 0 Å². The van der Waals surface area contributed by atoms with E-state index in [-0.39, 0.29) is 0 Å². The van der Waals surface area contributed by atoms with Crippen molar-refractivity contribution in [3.8, 4) is 0 Å². The first-order chi connectivity index (χ1) is 10.1. The molecular weight excluding hydrogens is 264 g/mol. The van der Waals surface area contributed by atoms with Crippen LogP contribution in [0, 0.1) is 11.8 Å². The van der Waals surface area contributed by atoms with E-state index in [1.165, 1.54) is 25.7 Å². The molecule has 21 heavy (non-hydrogen) atoms. The minimum absolute atomic E-state index is 0.522. The molecule has 1 aliphatic carbocycles. The minimum atomic E-state index is -0.793. The van der Waals surface area contributed by atoms with E-state index in [0.717, 1.165) is 36.2 Å². The van der Waals surface area contributed by atoms with E-state index in [4.69, 9.17) is 5.73 Å². The van der Waals surface area contributed by atoms with Gasteiger partial charge in [-0.3, -0.25) is 4.79 Å². The average Bonchev–Trinajstić information content (AvgIpc) is 2.89. The molecule has 4 nitrogen and oxygen atoms in total. The number of nitrogens with zero attached hydrogens (tertiary/aromatic N) is 1. The predicted molar refractivity (Wildman–Crippen MR) is 84.6 cm³/mol. The summed E-state index contributed by atoms with van der Waals surface area (Å²) in [4.78, 5) is 13.8. The van der Waals surface area contributed by atoms with Crippen molar-refractivity contribution < 1.29 is 9.90 Å². The maximum Gasteiger partial charge on any atom is 0.310 e. The van der Waals surface area contributed by atoms with Gasteiger partial charge in [0.25, 0.3) is 0 Å². The van der Waals surface area contributed by atoms with E-state index < -0.39 is 11.9 Å². The van der Waals surface area contributed by atoms with Crippen LogP contribution in [0.5, 0.6) is 0 Å². The zero-order valence-corrected chi connectivity index (χ0v) is 12.6. The number of carbonyl (C=O) groups is 1. The normalized spacial score (nSPS) is 26.4. The Balaban J connectivity index is 1.90. The zero-order chi connectivity index (χ0) is 15.0. The van der Waals surface area contributed by atoms with E-state index in [1.807, 2.05) is 18.2 Å². The number of nitrogen functional groups attached to an aromatic ring is 1. The Kier molecular flexibility index (Phi) is 3.79. The number of nitrogens with two attached hydrogens (primary N) is 1. The number of hydrogen-bond donors (Lipinski definition) is 2. The Morgan fingerprint density at radius 2 is 1.90 bits per heavy atom. The van der Waals surface area contributed by atoms with Gasteiger partial charge in [-0.05, 0) is 55.4 Å². The van der Waals surface area contributed by atoms with Gasteiger partial charge < -0.3 is 15.7 Å². The number of fused-ring (bicyclic) bond motifs is 1. The Hall–Kier alpha value is -1.71. The summed E-state index contributed by atoms with van der Waals surface area (Å²) in [5, 5.41) is 9.34. The lowest BCUT2D eigenvalue weighted by Gasteiger charge is -2.24. The quantitative estimate of drug-likeness (QED) is 0.839. The summed E-state index contributed by atoms with van der Waals surface area (Å²) < 4.78 is 0. The molecule has 3 atom stereocenters. The number of aliphatic carboxylic acids is 1. The fraction of sp³-hybridized carbons (Fsp3) is 0.588. The molecule has 1 aromatic rings. The summed E-state index contributed by atoms with van der Waals surface area (Å²) >= 11 is 0. The molecule has 2 fully saturated rings. The Morgan fingerprint density at radius 1 is 1.29 bits per heavy atom. The lowest BCUT2D eigenvalue weighted by atomic mass is 9.82. The number of hydrogen-bond acceptors (Lipinski definition) is 3. The monoisotopic (exact) mass is 288 g/mol. The van der Waals surface area contributed by atoms with Gasteiger partial charge in [-0.1, -0.05) is 12.8 Å². The Bertz CT molecular complexity index is 530. The van der Waals surface area contributed by atoms with Crippen molar-refractivity contribution in [2.45, 2.75) is 38.5 Å². The molecule has 0 bridgehead atoms. The number of benzene rings is 1. The highest BCUT2D eigenvalue weighted by atomic mass is 16.4. The molecule has 0 aromatic heterocycles. The minimum Gasteiger partial charge on any atom is -0.481 e. The summed E-state index contributed by atoms with van der Waals surface area (Å²) in [6.45, 7) is 3.87. The first-order valence-electron chi connectivity index (χ1n) is 7.93. The maximum atomic E-state index is 11.4.